The number of nitrogens with zero attached hydrogens (tertiary/aromatic N) is 2. The molecular weight excluding hydrogens is 405 g/mol. The molecule has 1 aliphatic rings. The van der Waals surface area contributed by atoms with E-state index in [0.717, 1.165) is 0 Å². The van der Waals surface area contributed by atoms with Gasteiger partial charge in [0.05, 0.1) is 21.2 Å². The van der Waals surface area contributed by atoms with Gasteiger partial charge in [-0.3, -0.25) is 19.7 Å². The summed E-state index contributed by atoms with van der Waals surface area (Å²) < 4.78 is 0. The van der Waals surface area contributed by atoms with Crippen molar-refractivity contribution in [2.45, 2.75) is 25.8 Å². The fourth-order valence-corrected chi connectivity index (χ4v) is 3.54. The summed E-state index contributed by atoms with van der Waals surface area (Å²) in [6, 6.07) is 8.15. The molecule has 1 atom stereocenters. The smallest absolute Gasteiger partial charge is 0.271 e. The fraction of sp³-hybridized carbons (Fsp3) is 0.263. The predicted octanol–water partition coefficient (Wildman–Crippen LogP) is 4.45. The first-order valence-corrected chi connectivity index (χ1v) is 9.35. The summed E-state index contributed by atoms with van der Waals surface area (Å²) in [7, 11) is 0. The normalized spacial score (nSPS) is 16.1. The molecule has 0 unspecified atom stereocenters. The fourth-order valence-electron chi connectivity index (χ4n) is 3.17. The average Bonchev–Trinajstić information content (AvgIpc) is 3.14. The number of likely N-dealkylation sites (tertiary alicyclic amines) is 1. The SMILES string of the molecule is Cc1ccc([N+](=O)[O-])cc1NC(=O)[C@H]1CCCN1C(=O)c1cc(Cl)ccc1Cl. The van der Waals surface area contributed by atoms with E-state index in [2.05, 4.69) is 5.32 Å². The number of carbonyl (C=O) groups is 2. The van der Waals surface area contributed by atoms with Crippen LogP contribution in [0.3, 0.4) is 0 Å². The molecule has 2 aromatic rings. The van der Waals surface area contributed by atoms with Crippen LogP contribution in [0.4, 0.5) is 11.4 Å². The second kappa shape index (κ2) is 8.16. The zero-order chi connectivity index (χ0) is 20.4. The van der Waals surface area contributed by atoms with Crippen LogP contribution in [-0.4, -0.2) is 34.2 Å². The third kappa shape index (κ3) is 4.10. The van der Waals surface area contributed by atoms with Crippen LogP contribution in [0, 0.1) is 17.0 Å². The van der Waals surface area contributed by atoms with Crippen molar-refractivity contribution >= 4 is 46.4 Å². The van der Waals surface area contributed by atoms with Crippen molar-refractivity contribution in [3.8, 4) is 0 Å². The quantitative estimate of drug-likeness (QED) is 0.582. The molecule has 2 aromatic carbocycles. The highest BCUT2D eigenvalue weighted by atomic mass is 35.5. The number of carbonyl (C=O) groups excluding carboxylic acids is 2. The lowest BCUT2D eigenvalue weighted by molar-refractivity contribution is -0.384. The molecule has 1 saturated heterocycles. The Hall–Kier alpha value is -2.64. The maximum Gasteiger partial charge on any atom is 0.271 e. The number of halogens is 2. The van der Waals surface area contributed by atoms with E-state index in [1.165, 1.54) is 29.2 Å². The van der Waals surface area contributed by atoms with Gasteiger partial charge in [0.15, 0.2) is 0 Å². The highest BCUT2D eigenvalue weighted by molar-refractivity contribution is 6.35. The Labute approximate surface area is 171 Å². The minimum absolute atomic E-state index is 0.119. The molecule has 2 amide bonds. The standard InChI is InChI=1S/C19H17Cl2N3O4/c1-11-4-6-13(24(27)28)10-16(11)22-18(25)17-3-2-8-23(17)19(26)14-9-12(20)5-7-15(14)21/h4-7,9-10,17H,2-3,8H2,1H3,(H,22,25)/t17-/m1/s1. The first-order chi connectivity index (χ1) is 13.3. The van der Waals surface area contributed by atoms with Crippen molar-refractivity contribution in [2.24, 2.45) is 0 Å². The molecule has 0 aliphatic carbocycles. The molecule has 9 heteroatoms. The number of nitro benzene ring substituents is 1. The second-order valence-corrected chi connectivity index (χ2v) is 7.37. The van der Waals surface area contributed by atoms with E-state index < -0.39 is 16.9 Å². The average molecular weight is 422 g/mol. The summed E-state index contributed by atoms with van der Waals surface area (Å²) in [4.78, 5) is 37.6. The van der Waals surface area contributed by atoms with E-state index in [-0.39, 0.29) is 22.2 Å². The third-order valence-corrected chi connectivity index (χ3v) is 5.23. The van der Waals surface area contributed by atoms with Crippen molar-refractivity contribution in [3.05, 3.63) is 67.7 Å². The van der Waals surface area contributed by atoms with E-state index in [4.69, 9.17) is 23.2 Å². The van der Waals surface area contributed by atoms with E-state index in [9.17, 15) is 19.7 Å². The van der Waals surface area contributed by atoms with Crippen molar-refractivity contribution in [2.75, 3.05) is 11.9 Å². The maximum atomic E-state index is 12.9. The van der Waals surface area contributed by atoms with E-state index in [1.54, 1.807) is 19.1 Å². The monoisotopic (exact) mass is 421 g/mol. The summed E-state index contributed by atoms with van der Waals surface area (Å²) in [5.74, 6) is -0.770. The highest BCUT2D eigenvalue weighted by Gasteiger charge is 2.35. The van der Waals surface area contributed by atoms with Crippen LogP contribution in [-0.2, 0) is 4.79 Å². The lowest BCUT2D eigenvalue weighted by atomic mass is 10.1. The van der Waals surface area contributed by atoms with Gasteiger partial charge < -0.3 is 10.2 Å². The Bertz CT molecular complexity index is 964. The second-order valence-electron chi connectivity index (χ2n) is 6.53. The van der Waals surface area contributed by atoms with Crippen LogP contribution in [0.5, 0.6) is 0 Å². The van der Waals surface area contributed by atoms with Gasteiger partial charge >= 0.3 is 0 Å². The Morgan fingerprint density at radius 2 is 1.96 bits per heavy atom. The van der Waals surface area contributed by atoms with Crippen LogP contribution in [0.25, 0.3) is 0 Å². The van der Waals surface area contributed by atoms with Gasteiger partial charge in [0.1, 0.15) is 6.04 Å². The summed E-state index contributed by atoms with van der Waals surface area (Å²) in [5, 5.41) is 14.3. The first kappa shape index (κ1) is 20.1. The first-order valence-electron chi connectivity index (χ1n) is 8.60. The molecule has 1 fully saturated rings. The van der Waals surface area contributed by atoms with Gasteiger partial charge in [-0.25, -0.2) is 0 Å². The Balaban J connectivity index is 1.82. The van der Waals surface area contributed by atoms with Gasteiger partial charge in [0.25, 0.3) is 11.6 Å². The van der Waals surface area contributed by atoms with Crippen LogP contribution in [0.15, 0.2) is 36.4 Å². The summed E-state index contributed by atoms with van der Waals surface area (Å²) in [5.41, 5.74) is 1.15. The summed E-state index contributed by atoms with van der Waals surface area (Å²) in [6.07, 6.45) is 1.15. The van der Waals surface area contributed by atoms with Crippen LogP contribution < -0.4 is 5.32 Å². The van der Waals surface area contributed by atoms with E-state index >= 15 is 0 Å². The number of hydrogen-bond donors (Lipinski definition) is 1. The Morgan fingerprint density at radius 1 is 1.21 bits per heavy atom. The molecule has 1 N–H and O–H groups in total. The third-order valence-electron chi connectivity index (χ3n) is 4.66. The van der Waals surface area contributed by atoms with Crippen molar-refractivity contribution in [3.63, 3.8) is 0 Å². The lowest BCUT2D eigenvalue weighted by Crippen LogP contribution is -2.43. The van der Waals surface area contributed by atoms with Crippen LogP contribution >= 0.6 is 23.2 Å². The summed E-state index contributed by atoms with van der Waals surface area (Å²) in [6.45, 7) is 2.15. The minimum Gasteiger partial charge on any atom is -0.327 e. The number of aryl methyl sites for hydroxylation is 1. The number of benzene rings is 2. The molecule has 0 saturated carbocycles. The number of non-ortho nitro benzene ring substituents is 1. The Morgan fingerprint density at radius 3 is 2.68 bits per heavy atom. The molecule has 0 spiro atoms. The van der Waals surface area contributed by atoms with Crippen molar-refractivity contribution in [1.82, 2.24) is 4.90 Å². The highest BCUT2D eigenvalue weighted by Crippen LogP contribution is 2.28. The van der Waals surface area contributed by atoms with Crippen LogP contribution in [0.1, 0.15) is 28.8 Å². The molecule has 1 heterocycles. The van der Waals surface area contributed by atoms with Crippen molar-refractivity contribution < 1.29 is 14.5 Å². The molecule has 0 bridgehead atoms. The number of amides is 2. The molecule has 28 heavy (non-hydrogen) atoms. The van der Waals surface area contributed by atoms with Crippen LogP contribution in [0.2, 0.25) is 10.0 Å². The number of nitro groups is 1. The van der Waals surface area contributed by atoms with E-state index in [0.29, 0.717) is 35.7 Å². The van der Waals surface area contributed by atoms with Gasteiger partial charge in [0, 0.05) is 23.7 Å². The number of rotatable bonds is 4. The topological polar surface area (TPSA) is 92.6 Å². The summed E-state index contributed by atoms with van der Waals surface area (Å²) >= 11 is 12.1. The van der Waals surface area contributed by atoms with Gasteiger partial charge in [0.2, 0.25) is 5.91 Å². The largest absolute Gasteiger partial charge is 0.327 e. The number of hydrogen-bond acceptors (Lipinski definition) is 4. The molecule has 146 valence electrons. The molecule has 7 nitrogen and oxygen atoms in total. The maximum absolute atomic E-state index is 12.9. The van der Waals surface area contributed by atoms with Crippen molar-refractivity contribution in [1.29, 1.82) is 0 Å². The zero-order valence-electron chi connectivity index (χ0n) is 14.9. The van der Waals surface area contributed by atoms with Gasteiger partial charge in [-0.2, -0.15) is 0 Å². The van der Waals surface area contributed by atoms with E-state index in [1.807, 2.05) is 0 Å². The molecular formula is C19H17Cl2N3O4. The molecule has 0 radical (unpaired) electrons. The Kier molecular flexibility index (Phi) is 5.86. The molecule has 1 aliphatic heterocycles. The molecule has 3 rings (SSSR count). The van der Waals surface area contributed by atoms with Gasteiger partial charge in [-0.15, -0.1) is 0 Å². The zero-order valence-corrected chi connectivity index (χ0v) is 16.5. The number of anilines is 1. The minimum atomic E-state index is -0.693. The number of nitrogens with one attached hydrogen (secondary N) is 1. The lowest BCUT2D eigenvalue weighted by Gasteiger charge is -2.24. The van der Waals surface area contributed by atoms with Gasteiger partial charge in [-0.1, -0.05) is 29.3 Å². The van der Waals surface area contributed by atoms with Gasteiger partial charge in [-0.05, 0) is 43.5 Å². The molecule has 0 aromatic heterocycles. The predicted molar refractivity (Wildman–Crippen MR) is 107 cm³/mol.